The Hall–Kier alpha value is -1.82. The molecule has 0 spiro atoms. The zero-order valence-corrected chi connectivity index (χ0v) is 10.4. The van der Waals surface area contributed by atoms with Gasteiger partial charge in [-0.15, -0.1) is 0 Å². The Bertz CT molecular complexity index is 420. The molecule has 0 saturated carbocycles. The molecule has 0 aliphatic rings. The van der Waals surface area contributed by atoms with Crippen LogP contribution in [-0.4, -0.2) is 31.3 Å². The lowest BCUT2D eigenvalue weighted by Gasteiger charge is -2.03. The molecule has 0 saturated heterocycles. The third-order valence-electron chi connectivity index (χ3n) is 2.58. The second kappa shape index (κ2) is 6.80. The number of carbonyl (C=O) groups excluding carboxylic acids is 2. The second-order valence-corrected chi connectivity index (χ2v) is 3.65. The first kappa shape index (κ1) is 14.2. The van der Waals surface area contributed by atoms with E-state index in [2.05, 4.69) is 9.47 Å². The molecule has 1 heterocycles. The van der Waals surface area contributed by atoms with Crippen molar-refractivity contribution >= 4 is 11.9 Å². The lowest BCUT2D eigenvalue weighted by atomic mass is 10.0. The maximum Gasteiger partial charge on any atom is 0.310 e. The van der Waals surface area contributed by atoms with E-state index >= 15 is 0 Å². The van der Waals surface area contributed by atoms with Gasteiger partial charge in [-0.1, -0.05) is 0 Å². The molecule has 0 radical (unpaired) electrons. The van der Waals surface area contributed by atoms with E-state index in [0.29, 0.717) is 23.3 Å². The van der Waals surface area contributed by atoms with Gasteiger partial charge in [-0.2, -0.15) is 0 Å². The van der Waals surface area contributed by atoms with Crippen molar-refractivity contribution in [3.63, 3.8) is 0 Å². The zero-order chi connectivity index (χ0) is 13.5. The van der Waals surface area contributed by atoms with E-state index in [4.69, 9.17) is 9.52 Å². The van der Waals surface area contributed by atoms with Crippen LogP contribution in [0.1, 0.15) is 23.3 Å². The number of esters is 2. The zero-order valence-electron chi connectivity index (χ0n) is 10.4. The Morgan fingerprint density at radius 1 is 1.28 bits per heavy atom. The van der Waals surface area contributed by atoms with Crippen molar-refractivity contribution in [3.8, 4) is 0 Å². The molecule has 100 valence electrons. The van der Waals surface area contributed by atoms with Gasteiger partial charge in [0, 0.05) is 17.5 Å². The lowest BCUT2D eigenvalue weighted by Crippen LogP contribution is -2.08. The number of furan rings is 1. The molecule has 0 amide bonds. The minimum atomic E-state index is -0.403. The average Bonchev–Trinajstić information content (AvgIpc) is 2.77. The molecule has 18 heavy (non-hydrogen) atoms. The van der Waals surface area contributed by atoms with Gasteiger partial charge in [-0.05, 0) is 6.42 Å². The number of aliphatic hydroxyl groups excluding tert-OH is 1. The highest BCUT2D eigenvalue weighted by molar-refractivity contribution is 5.73. The maximum absolute atomic E-state index is 11.2. The van der Waals surface area contributed by atoms with E-state index in [9.17, 15) is 9.59 Å². The molecule has 1 aromatic rings. The average molecular weight is 256 g/mol. The molecule has 1 N–H and O–H groups in total. The quantitative estimate of drug-likeness (QED) is 0.750. The molecule has 6 heteroatoms. The van der Waals surface area contributed by atoms with E-state index in [-0.39, 0.29) is 25.4 Å². The molecular formula is C12H16O6. The van der Waals surface area contributed by atoms with Gasteiger partial charge >= 0.3 is 11.9 Å². The largest absolute Gasteiger partial charge is 0.469 e. The van der Waals surface area contributed by atoms with Crippen LogP contribution < -0.4 is 0 Å². The van der Waals surface area contributed by atoms with Gasteiger partial charge in [0.15, 0.2) is 0 Å². The first-order valence-electron chi connectivity index (χ1n) is 5.45. The summed E-state index contributed by atoms with van der Waals surface area (Å²) in [5.41, 5.74) is 1.28. The van der Waals surface area contributed by atoms with Crippen molar-refractivity contribution in [2.75, 3.05) is 14.2 Å². The Kier molecular flexibility index (Phi) is 5.38. The number of aliphatic hydroxyl groups is 1. The van der Waals surface area contributed by atoms with Crippen LogP contribution in [0.15, 0.2) is 10.7 Å². The summed E-state index contributed by atoms with van der Waals surface area (Å²) in [6, 6.07) is 0. The van der Waals surface area contributed by atoms with Crippen LogP contribution in [0.25, 0.3) is 0 Å². The summed E-state index contributed by atoms with van der Waals surface area (Å²) in [6.07, 6.45) is 1.97. The SMILES string of the molecule is COC(=O)CCc1c(CC(=O)OC)coc1CO. The number of carbonyl (C=O) groups is 2. The Morgan fingerprint density at radius 3 is 2.50 bits per heavy atom. The molecule has 0 bridgehead atoms. The number of methoxy groups -OCH3 is 2. The normalized spacial score (nSPS) is 10.2. The third kappa shape index (κ3) is 3.59. The van der Waals surface area contributed by atoms with Crippen molar-refractivity contribution in [1.82, 2.24) is 0 Å². The highest BCUT2D eigenvalue weighted by atomic mass is 16.5. The van der Waals surface area contributed by atoms with Gasteiger partial charge < -0.3 is 19.0 Å². The smallest absolute Gasteiger partial charge is 0.310 e. The molecule has 0 fully saturated rings. The summed E-state index contributed by atoms with van der Waals surface area (Å²) in [7, 11) is 2.60. The van der Waals surface area contributed by atoms with E-state index in [1.54, 1.807) is 0 Å². The van der Waals surface area contributed by atoms with Crippen LogP contribution in [-0.2, 0) is 38.5 Å². The highest BCUT2D eigenvalue weighted by Gasteiger charge is 2.17. The van der Waals surface area contributed by atoms with E-state index in [1.807, 2.05) is 0 Å². The van der Waals surface area contributed by atoms with Gasteiger partial charge in [-0.25, -0.2) is 0 Å². The minimum absolute atomic E-state index is 0.0521. The number of ether oxygens (including phenoxy) is 2. The van der Waals surface area contributed by atoms with Gasteiger partial charge in [0.1, 0.15) is 12.4 Å². The van der Waals surface area contributed by atoms with Crippen LogP contribution in [0.2, 0.25) is 0 Å². The van der Waals surface area contributed by atoms with E-state index in [1.165, 1.54) is 20.5 Å². The minimum Gasteiger partial charge on any atom is -0.469 e. The van der Waals surface area contributed by atoms with Crippen LogP contribution in [0, 0.1) is 0 Å². The van der Waals surface area contributed by atoms with E-state index in [0.717, 1.165) is 0 Å². The lowest BCUT2D eigenvalue weighted by molar-refractivity contribution is -0.141. The Morgan fingerprint density at radius 2 is 1.94 bits per heavy atom. The van der Waals surface area contributed by atoms with Gasteiger partial charge in [-0.3, -0.25) is 9.59 Å². The molecule has 0 aliphatic carbocycles. The topological polar surface area (TPSA) is 86.0 Å². The first-order valence-corrected chi connectivity index (χ1v) is 5.45. The van der Waals surface area contributed by atoms with Crippen LogP contribution in [0.4, 0.5) is 0 Å². The number of hydrogen-bond acceptors (Lipinski definition) is 6. The van der Waals surface area contributed by atoms with Crippen molar-refractivity contribution in [1.29, 1.82) is 0 Å². The Labute approximate surface area is 104 Å². The molecule has 6 nitrogen and oxygen atoms in total. The Balaban J connectivity index is 2.81. The summed E-state index contributed by atoms with van der Waals surface area (Å²) >= 11 is 0. The van der Waals surface area contributed by atoms with Gasteiger partial charge in [0.05, 0.1) is 26.9 Å². The van der Waals surface area contributed by atoms with Crippen molar-refractivity contribution in [2.45, 2.75) is 25.9 Å². The second-order valence-electron chi connectivity index (χ2n) is 3.65. The molecular weight excluding hydrogens is 240 g/mol. The molecule has 0 atom stereocenters. The van der Waals surface area contributed by atoms with Crippen LogP contribution in [0.5, 0.6) is 0 Å². The predicted octanol–water partition coefficient (Wildman–Crippen LogP) is 0.593. The summed E-state index contributed by atoms with van der Waals surface area (Å²) in [5.74, 6) is -0.401. The fourth-order valence-electron chi connectivity index (χ4n) is 1.60. The van der Waals surface area contributed by atoms with Gasteiger partial charge in [0.25, 0.3) is 0 Å². The van der Waals surface area contributed by atoms with Crippen LogP contribution >= 0.6 is 0 Å². The molecule has 1 rings (SSSR count). The molecule has 0 aliphatic heterocycles. The monoisotopic (exact) mass is 256 g/mol. The maximum atomic E-state index is 11.2. The van der Waals surface area contributed by atoms with Crippen molar-refractivity contribution < 1.29 is 28.6 Å². The fraction of sp³-hybridized carbons (Fsp3) is 0.500. The number of hydrogen-bond donors (Lipinski definition) is 1. The van der Waals surface area contributed by atoms with Crippen LogP contribution in [0.3, 0.4) is 0 Å². The van der Waals surface area contributed by atoms with Crippen molar-refractivity contribution in [3.05, 3.63) is 23.2 Å². The standard InChI is InChI=1S/C12H16O6/c1-16-11(14)4-3-9-8(5-12(15)17-2)7-18-10(9)6-13/h7,13H,3-6H2,1-2H3. The summed E-state index contributed by atoms with van der Waals surface area (Å²) in [6.45, 7) is -0.280. The summed E-state index contributed by atoms with van der Waals surface area (Å²) in [4.78, 5) is 22.3. The van der Waals surface area contributed by atoms with Gasteiger partial charge in [0.2, 0.25) is 0 Å². The molecule has 0 unspecified atom stereocenters. The summed E-state index contributed by atoms with van der Waals surface area (Å²) in [5, 5.41) is 9.12. The number of rotatable bonds is 6. The molecule has 0 aromatic carbocycles. The van der Waals surface area contributed by atoms with E-state index < -0.39 is 5.97 Å². The summed E-state index contributed by atoms with van der Waals surface area (Å²) < 4.78 is 14.3. The highest BCUT2D eigenvalue weighted by Crippen LogP contribution is 2.20. The van der Waals surface area contributed by atoms with Crippen molar-refractivity contribution in [2.24, 2.45) is 0 Å². The first-order chi connectivity index (χ1) is 8.62. The fourth-order valence-corrected chi connectivity index (χ4v) is 1.60. The third-order valence-corrected chi connectivity index (χ3v) is 2.58. The predicted molar refractivity (Wildman–Crippen MR) is 60.7 cm³/mol. The molecule has 1 aromatic heterocycles.